The number of carbonyl (C=O) groups is 2. The van der Waals surface area contributed by atoms with Crippen molar-refractivity contribution in [3.05, 3.63) is 48.6 Å². The highest BCUT2D eigenvalue weighted by atomic mass is 31.2. The maximum Gasteiger partial charge on any atom is 0.472 e. The van der Waals surface area contributed by atoms with E-state index in [4.69, 9.17) is 23.8 Å². The number of allylic oxidation sites excluding steroid dienone is 5. The first-order valence-corrected chi connectivity index (χ1v) is 24.4. The average molecular weight is 883 g/mol. The van der Waals surface area contributed by atoms with Gasteiger partial charge in [-0.3, -0.25) is 23.2 Å². The first kappa shape index (κ1) is 57.0. The van der Waals surface area contributed by atoms with Crippen molar-refractivity contribution >= 4 is 27.6 Å². The molecule has 0 bridgehead atoms. The molecule has 1 unspecified atom stereocenters. The van der Waals surface area contributed by atoms with E-state index in [1.165, 1.54) is 51.4 Å². The standard InChI is InChI=1S/C42H76O15P2/c1-4-5-6-7-15-20-26-37(43)27-21-17-18-22-28-38(44)29-24-31-42(47)57-40(35-56-59(51,52)55-33-39(45)32-54-58(48,49)50)34-53-41(46)30-23-16-13-11-9-8-10-12-14-19-25-36(2)3/h15,17-18,20-22,27-28,36-40,43-45H,4-14,16,19,23-26,29-35H2,1-3H3,(H,51,52)(H2,48,49,50)/b18-17+,20-15-,27-21+,28-22-/t37-,38-,39-,40+/m0/s1. The average Bonchev–Trinajstić information content (AvgIpc) is 3.17. The van der Waals surface area contributed by atoms with Crippen molar-refractivity contribution in [1.82, 2.24) is 0 Å². The van der Waals surface area contributed by atoms with Gasteiger partial charge in [-0.2, -0.15) is 0 Å². The molecule has 0 aliphatic heterocycles. The lowest BCUT2D eigenvalue weighted by Gasteiger charge is -2.20. The van der Waals surface area contributed by atoms with Crippen LogP contribution >= 0.6 is 15.6 Å². The summed E-state index contributed by atoms with van der Waals surface area (Å²) < 4.78 is 47.5. The smallest absolute Gasteiger partial charge is 0.462 e. The Hall–Kier alpha value is -2.00. The van der Waals surface area contributed by atoms with E-state index >= 15 is 0 Å². The van der Waals surface area contributed by atoms with Crippen molar-refractivity contribution in [3.63, 3.8) is 0 Å². The lowest BCUT2D eigenvalue weighted by Crippen LogP contribution is -2.30. The monoisotopic (exact) mass is 882 g/mol. The number of aliphatic hydroxyl groups excluding tert-OH is 3. The zero-order valence-corrected chi connectivity index (χ0v) is 37.5. The predicted molar refractivity (Wildman–Crippen MR) is 228 cm³/mol. The maximum atomic E-state index is 12.7. The molecule has 0 aliphatic rings. The second-order valence-electron chi connectivity index (χ2n) is 15.1. The summed E-state index contributed by atoms with van der Waals surface area (Å²) in [4.78, 5) is 52.6. The van der Waals surface area contributed by atoms with Crippen LogP contribution in [0.1, 0.15) is 149 Å². The van der Waals surface area contributed by atoms with Gasteiger partial charge in [0.25, 0.3) is 0 Å². The second-order valence-corrected chi connectivity index (χ2v) is 17.8. The normalized spacial score (nSPS) is 15.7. The molecule has 0 aromatic heterocycles. The van der Waals surface area contributed by atoms with E-state index in [1.807, 2.05) is 6.08 Å². The minimum Gasteiger partial charge on any atom is -0.462 e. The number of phosphoric ester groups is 2. The van der Waals surface area contributed by atoms with Gasteiger partial charge in [-0.25, -0.2) is 9.13 Å². The molecule has 59 heavy (non-hydrogen) atoms. The summed E-state index contributed by atoms with van der Waals surface area (Å²) in [5.41, 5.74) is 0. The van der Waals surface area contributed by atoms with Gasteiger partial charge in [0.1, 0.15) is 12.7 Å². The van der Waals surface area contributed by atoms with Crippen LogP contribution in [-0.4, -0.2) is 92.8 Å². The van der Waals surface area contributed by atoms with E-state index in [0.29, 0.717) is 12.8 Å². The molecule has 0 aliphatic carbocycles. The third kappa shape index (κ3) is 41.1. The van der Waals surface area contributed by atoms with Crippen LogP contribution in [0.3, 0.4) is 0 Å². The third-order valence-corrected chi connectivity index (χ3v) is 10.3. The maximum absolute atomic E-state index is 12.7. The molecule has 5 atom stereocenters. The van der Waals surface area contributed by atoms with Crippen molar-refractivity contribution in [3.8, 4) is 0 Å². The Morgan fingerprint density at radius 3 is 1.76 bits per heavy atom. The summed E-state index contributed by atoms with van der Waals surface area (Å²) in [6.07, 6.45) is 27.5. The molecular weight excluding hydrogens is 806 g/mol. The highest BCUT2D eigenvalue weighted by Gasteiger charge is 2.28. The van der Waals surface area contributed by atoms with E-state index in [-0.39, 0.29) is 25.7 Å². The number of carbonyl (C=O) groups excluding carboxylic acids is 2. The topological polar surface area (TPSA) is 236 Å². The van der Waals surface area contributed by atoms with Gasteiger partial charge >= 0.3 is 27.6 Å². The van der Waals surface area contributed by atoms with Crippen LogP contribution in [-0.2, 0) is 41.8 Å². The molecule has 0 amide bonds. The molecule has 0 saturated heterocycles. The number of rotatable bonds is 39. The van der Waals surface area contributed by atoms with Crippen LogP contribution in [0.4, 0.5) is 0 Å². The fraction of sp³-hybridized carbons (Fsp3) is 0.762. The van der Waals surface area contributed by atoms with Gasteiger partial charge in [-0.1, -0.05) is 146 Å². The minimum atomic E-state index is -4.89. The summed E-state index contributed by atoms with van der Waals surface area (Å²) >= 11 is 0. The summed E-state index contributed by atoms with van der Waals surface area (Å²) in [6, 6.07) is 0. The van der Waals surface area contributed by atoms with Gasteiger partial charge in [-0.15, -0.1) is 0 Å². The summed E-state index contributed by atoms with van der Waals surface area (Å²) in [5.74, 6) is -0.516. The molecule has 0 rings (SSSR count). The Bertz CT molecular complexity index is 1280. The summed E-state index contributed by atoms with van der Waals surface area (Å²) in [6.45, 7) is 3.69. The molecule has 0 aromatic carbocycles. The van der Waals surface area contributed by atoms with Crippen LogP contribution in [0, 0.1) is 5.92 Å². The number of ether oxygens (including phenoxy) is 2. The quantitative estimate of drug-likeness (QED) is 0.0112. The van der Waals surface area contributed by atoms with Gasteiger partial charge in [-0.05, 0) is 44.4 Å². The number of hydrogen-bond acceptors (Lipinski definition) is 12. The molecule has 6 N–H and O–H groups in total. The molecule has 0 heterocycles. The van der Waals surface area contributed by atoms with E-state index in [9.17, 15) is 38.9 Å². The molecule has 15 nitrogen and oxygen atoms in total. The van der Waals surface area contributed by atoms with Crippen molar-refractivity contribution in [2.45, 2.75) is 174 Å². The van der Waals surface area contributed by atoms with Crippen LogP contribution in [0.2, 0.25) is 0 Å². The van der Waals surface area contributed by atoms with Crippen molar-refractivity contribution in [2.75, 3.05) is 26.4 Å². The molecule has 0 spiro atoms. The van der Waals surface area contributed by atoms with Gasteiger partial charge in [0, 0.05) is 12.8 Å². The fourth-order valence-corrected chi connectivity index (χ4v) is 6.65. The van der Waals surface area contributed by atoms with Crippen molar-refractivity contribution < 1.29 is 71.8 Å². The zero-order valence-electron chi connectivity index (χ0n) is 35.7. The molecule has 344 valence electrons. The second kappa shape index (κ2) is 36.6. The molecule has 17 heteroatoms. The summed E-state index contributed by atoms with van der Waals surface area (Å²) in [7, 11) is -9.77. The number of phosphoric acid groups is 2. The van der Waals surface area contributed by atoms with E-state index in [1.54, 1.807) is 36.5 Å². The molecule has 0 fully saturated rings. The Balaban J connectivity index is 4.80. The lowest BCUT2D eigenvalue weighted by molar-refractivity contribution is -0.161. The predicted octanol–water partition coefficient (Wildman–Crippen LogP) is 8.47. The Morgan fingerprint density at radius 2 is 1.15 bits per heavy atom. The first-order chi connectivity index (χ1) is 28.0. The summed E-state index contributed by atoms with van der Waals surface area (Å²) in [5, 5.41) is 30.0. The molecule has 0 saturated carbocycles. The van der Waals surface area contributed by atoms with E-state index in [2.05, 4.69) is 35.9 Å². The number of unbranched alkanes of at least 4 members (excludes halogenated alkanes) is 12. The Morgan fingerprint density at radius 1 is 0.593 bits per heavy atom. The molecule has 0 aromatic rings. The highest BCUT2D eigenvalue weighted by molar-refractivity contribution is 7.47. The Labute approximate surface area is 353 Å². The number of aliphatic hydroxyl groups is 3. The highest BCUT2D eigenvalue weighted by Crippen LogP contribution is 2.43. The zero-order chi connectivity index (χ0) is 44.2. The molecular formula is C42H76O15P2. The van der Waals surface area contributed by atoms with Crippen molar-refractivity contribution in [1.29, 1.82) is 0 Å². The minimum absolute atomic E-state index is 0.129. The largest absolute Gasteiger partial charge is 0.472 e. The number of esters is 2. The van der Waals surface area contributed by atoms with Crippen LogP contribution in [0.5, 0.6) is 0 Å². The van der Waals surface area contributed by atoms with Gasteiger partial charge in [0.05, 0.1) is 32.0 Å². The first-order valence-electron chi connectivity index (χ1n) is 21.4. The van der Waals surface area contributed by atoms with Crippen LogP contribution in [0.25, 0.3) is 0 Å². The van der Waals surface area contributed by atoms with Gasteiger partial charge < -0.3 is 39.5 Å². The van der Waals surface area contributed by atoms with Crippen molar-refractivity contribution in [2.24, 2.45) is 5.92 Å². The van der Waals surface area contributed by atoms with E-state index in [0.717, 1.165) is 44.4 Å². The fourth-order valence-electron chi connectivity index (χ4n) is 5.49. The SMILES string of the molecule is CCCCC/C=C\C[C@H](O)/C=C/C=C/C=C\[C@H](O)CCCC(=O)O[C@H](COC(=O)CCCCCCCCCCCCC(C)C)COP(=O)(O)OC[C@@H](O)COP(=O)(O)O. The molecule has 0 radical (unpaired) electrons. The third-order valence-electron chi connectivity index (χ3n) is 8.83. The van der Waals surface area contributed by atoms with Crippen LogP contribution in [0.15, 0.2) is 48.6 Å². The lowest BCUT2D eigenvalue weighted by atomic mass is 10.0. The van der Waals surface area contributed by atoms with E-state index < -0.39 is 78.4 Å². The van der Waals surface area contributed by atoms with Gasteiger partial charge in [0.15, 0.2) is 6.10 Å². The van der Waals surface area contributed by atoms with Crippen LogP contribution < -0.4 is 0 Å². The number of hydrogen-bond donors (Lipinski definition) is 6. The van der Waals surface area contributed by atoms with Gasteiger partial charge in [0.2, 0.25) is 0 Å². The Kier molecular flexibility index (Phi) is 35.4.